The lowest BCUT2D eigenvalue weighted by Gasteiger charge is -2.26. The Morgan fingerprint density at radius 3 is 3.00 bits per heavy atom. The molecule has 2 aliphatic rings. The van der Waals surface area contributed by atoms with Crippen molar-refractivity contribution in [2.75, 3.05) is 26.2 Å². The summed E-state index contributed by atoms with van der Waals surface area (Å²) in [6.45, 7) is 3.95. The third-order valence-corrected chi connectivity index (χ3v) is 2.97. The normalized spacial score (nSPS) is 29.7. The van der Waals surface area contributed by atoms with E-state index in [-0.39, 0.29) is 0 Å². The van der Waals surface area contributed by atoms with Gasteiger partial charge >= 0.3 is 0 Å². The van der Waals surface area contributed by atoms with Gasteiger partial charge in [-0.1, -0.05) is 0 Å². The Morgan fingerprint density at radius 2 is 2.38 bits per heavy atom. The van der Waals surface area contributed by atoms with Gasteiger partial charge in [-0.05, 0) is 25.2 Å². The van der Waals surface area contributed by atoms with Crippen LogP contribution in [0, 0.1) is 5.92 Å². The maximum absolute atomic E-state index is 11.3. The Bertz CT molecular complexity index is 187. The second kappa shape index (κ2) is 4.09. The van der Waals surface area contributed by atoms with Crippen LogP contribution in [-0.4, -0.2) is 37.0 Å². The van der Waals surface area contributed by atoms with Crippen LogP contribution >= 0.6 is 0 Å². The quantitative estimate of drug-likeness (QED) is 0.615. The number of carbonyl (C=O) groups is 1. The molecule has 13 heavy (non-hydrogen) atoms. The fraction of sp³-hybridized carbons (Fsp3) is 0.900. The zero-order valence-corrected chi connectivity index (χ0v) is 8.04. The Labute approximate surface area is 79.5 Å². The number of piperidine rings is 1. The van der Waals surface area contributed by atoms with Crippen molar-refractivity contribution in [3.8, 4) is 0 Å². The highest BCUT2D eigenvalue weighted by Gasteiger charge is 2.24. The summed E-state index contributed by atoms with van der Waals surface area (Å²) in [5.74, 6) is 1.00. The van der Waals surface area contributed by atoms with E-state index < -0.39 is 0 Å². The number of hydrogen-bond acceptors (Lipinski definition) is 1. The van der Waals surface area contributed by atoms with E-state index in [9.17, 15) is 4.79 Å². The molecular formula is C10H17N2O. The third kappa shape index (κ3) is 2.21. The number of hydrogen-bond donors (Lipinski definition) is 0. The molecule has 3 nitrogen and oxygen atoms in total. The van der Waals surface area contributed by atoms with Gasteiger partial charge in [0.05, 0.1) is 0 Å². The van der Waals surface area contributed by atoms with Gasteiger partial charge in [-0.15, -0.1) is 0 Å². The summed E-state index contributed by atoms with van der Waals surface area (Å²) in [6, 6.07) is 0. The summed E-state index contributed by atoms with van der Waals surface area (Å²) in [4.78, 5) is 13.4. The van der Waals surface area contributed by atoms with Gasteiger partial charge in [-0.2, -0.15) is 0 Å². The third-order valence-electron chi connectivity index (χ3n) is 2.97. The van der Waals surface area contributed by atoms with Crippen molar-refractivity contribution in [3.63, 3.8) is 0 Å². The van der Waals surface area contributed by atoms with Crippen molar-refractivity contribution < 1.29 is 4.79 Å². The SMILES string of the molecule is O=C1CCCN1CC1CCC[N]C1. The average molecular weight is 181 g/mol. The topological polar surface area (TPSA) is 34.4 Å². The van der Waals surface area contributed by atoms with E-state index >= 15 is 0 Å². The summed E-state index contributed by atoms with van der Waals surface area (Å²) >= 11 is 0. The first kappa shape index (κ1) is 9.00. The number of rotatable bonds is 2. The lowest BCUT2D eigenvalue weighted by Crippen LogP contribution is -2.36. The molecule has 1 atom stereocenters. The number of amides is 1. The maximum atomic E-state index is 11.3. The van der Waals surface area contributed by atoms with E-state index in [1.807, 2.05) is 4.90 Å². The van der Waals surface area contributed by atoms with Crippen LogP contribution in [0.5, 0.6) is 0 Å². The van der Waals surface area contributed by atoms with Crippen LogP contribution in [0.3, 0.4) is 0 Å². The molecule has 73 valence electrons. The van der Waals surface area contributed by atoms with Gasteiger partial charge < -0.3 is 4.90 Å². The van der Waals surface area contributed by atoms with Gasteiger partial charge in [0.2, 0.25) is 5.91 Å². The molecule has 0 aromatic carbocycles. The van der Waals surface area contributed by atoms with Crippen molar-refractivity contribution in [1.82, 2.24) is 10.2 Å². The van der Waals surface area contributed by atoms with Gasteiger partial charge in [0.1, 0.15) is 0 Å². The van der Waals surface area contributed by atoms with Crippen molar-refractivity contribution in [3.05, 3.63) is 0 Å². The Kier molecular flexibility index (Phi) is 2.83. The van der Waals surface area contributed by atoms with Crippen LogP contribution in [0.2, 0.25) is 0 Å². The molecular weight excluding hydrogens is 164 g/mol. The Balaban J connectivity index is 1.79. The van der Waals surface area contributed by atoms with E-state index in [4.69, 9.17) is 0 Å². The molecule has 0 spiro atoms. The molecule has 2 fully saturated rings. The lowest BCUT2D eigenvalue weighted by atomic mass is 9.99. The summed E-state index contributed by atoms with van der Waals surface area (Å²) in [5, 5.41) is 4.39. The first-order chi connectivity index (χ1) is 6.36. The fourth-order valence-electron chi connectivity index (χ4n) is 2.21. The molecule has 3 heteroatoms. The predicted octanol–water partition coefficient (Wildman–Crippen LogP) is 0.623. The molecule has 2 saturated heterocycles. The van der Waals surface area contributed by atoms with Gasteiger partial charge in [0.25, 0.3) is 0 Å². The standard InChI is InChI=1S/C10H17N2O/c13-10-4-2-6-12(10)8-9-3-1-5-11-7-9/h9H,1-8H2. The van der Waals surface area contributed by atoms with Gasteiger partial charge in [0, 0.05) is 32.6 Å². The predicted molar refractivity (Wildman–Crippen MR) is 50.4 cm³/mol. The molecule has 0 bridgehead atoms. The highest BCUT2D eigenvalue weighted by Crippen LogP contribution is 2.16. The lowest BCUT2D eigenvalue weighted by molar-refractivity contribution is -0.128. The molecule has 1 amide bonds. The Hall–Kier alpha value is -0.570. The molecule has 0 saturated carbocycles. The first-order valence-electron chi connectivity index (χ1n) is 5.27. The maximum Gasteiger partial charge on any atom is 0.222 e. The molecule has 2 aliphatic heterocycles. The van der Waals surface area contributed by atoms with Crippen molar-refractivity contribution in [1.29, 1.82) is 0 Å². The smallest absolute Gasteiger partial charge is 0.222 e. The number of nitrogens with zero attached hydrogens (tertiary/aromatic N) is 2. The monoisotopic (exact) mass is 181 g/mol. The van der Waals surface area contributed by atoms with Crippen molar-refractivity contribution in [2.24, 2.45) is 5.92 Å². The van der Waals surface area contributed by atoms with Gasteiger partial charge in [-0.25, -0.2) is 5.32 Å². The molecule has 2 rings (SSSR count). The molecule has 0 aromatic rings. The van der Waals surface area contributed by atoms with Crippen molar-refractivity contribution in [2.45, 2.75) is 25.7 Å². The van der Waals surface area contributed by atoms with E-state index in [0.717, 1.165) is 39.0 Å². The molecule has 1 unspecified atom stereocenters. The average Bonchev–Trinajstić information content (AvgIpc) is 2.54. The molecule has 0 N–H and O–H groups in total. The Morgan fingerprint density at radius 1 is 1.46 bits per heavy atom. The second-order valence-electron chi connectivity index (χ2n) is 4.08. The minimum atomic E-state index is 0.352. The second-order valence-corrected chi connectivity index (χ2v) is 4.08. The number of carbonyl (C=O) groups excluding carboxylic acids is 1. The highest BCUT2D eigenvalue weighted by molar-refractivity contribution is 5.78. The van der Waals surface area contributed by atoms with Crippen LogP contribution in [0.25, 0.3) is 0 Å². The highest BCUT2D eigenvalue weighted by atomic mass is 16.2. The van der Waals surface area contributed by atoms with Crippen LogP contribution < -0.4 is 5.32 Å². The molecule has 0 aromatic heterocycles. The van der Waals surface area contributed by atoms with Crippen LogP contribution in [0.1, 0.15) is 25.7 Å². The van der Waals surface area contributed by atoms with Crippen molar-refractivity contribution >= 4 is 5.91 Å². The van der Waals surface area contributed by atoms with Gasteiger partial charge in [-0.3, -0.25) is 4.79 Å². The minimum Gasteiger partial charge on any atom is -0.342 e. The minimum absolute atomic E-state index is 0.352. The summed E-state index contributed by atoms with van der Waals surface area (Å²) in [5.41, 5.74) is 0. The van der Waals surface area contributed by atoms with E-state index in [1.54, 1.807) is 0 Å². The molecule has 0 aliphatic carbocycles. The zero-order valence-electron chi connectivity index (χ0n) is 8.04. The largest absolute Gasteiger partial charge is 0.342 e. The molecule has 2 heterocycles. The summed E-state index contributed by atoms with van der Waals surface area (Å²) in [6.07, 6.45) is 4.30. The van der Waals surface area contributed by atoms with Crippen LogP contribution in [0.4, 0.5) is 0 Å². The number of likely N-dealkylation sites (tertiary alicyclic amines) is 1. The van der Waals surface area contributed by atoms with E-state index in [2.05, 4.69) is 5.32 Å². The zero-order chi connectivity index (χ0) is 9.10. The summed E-state index contributed by atoms with van der Waals surface area (Å²) < 4.78 is 0. The van der Waals surface area contributed by atoms with Gasteiger partial charge in [0.15, 0.2) is 0 Å². The summed E-state index contributed by atoms with van der Waals surface area (Å²) in [7, 11) is 0. The molecule has 1 radical (unpaired) electrons. The van der Waals surface area contributed by atoms with E-state index in [0.29, 0.717) is 11.8 Å². The first-order valence-corrected chi connectivity index (χ1v) is 5.27. The van der Waals surface area contributed by atoms with Crippen LogP contribution in [-0.2, 0) is 4.79 Å². The van der Waals surface area contributed by atoms with Crippen LogP contribution in [0.15, 0.2) is 0 Å². The fourth-order valence-corrected chi connectivity index (χ4v) is 2.21. The van der Waals surface area contributed by atoms with E-state index in [1.165, 1.54) is 12.8 Å².